The van der Waals surface area contributed by atoms with Crippen molar-refractivity contribution in [2.45, 2.75) is 26.2 Å². The maximum atomic E-state index is 13.2. The Bertz CT molecular complexity index is 1190. The maximum Gasteiger partial charge on any atom is 0.323 e. The molecule has 2 aromatic carbocycles. The van der Waals surface area contributed by atoms with Gasteiger partial charge in [-0.25, -0.2) is 4.79 Å². The molecule has 1 fully saturated rings. The summed E-state index contributed by atoms with van der Waals surface area (Å²) in [5.74, 6) is -0.429. The van der Waals surface area contributed by atoms with E-state index in [9.17, 15) is 14.4 Å². The van der Waals surface area contributed by atoms with E-state index in [1.807, 2.05) is 48.5 Å². The van der Waals surface area contributed by atoms with E-state index in [2.05, 4.69) is 36.7 Å². The van der Waals surface area contributed by atoms with Crippen LogP contribution in [0.2, 0.25) is 0 Å². The van der Waals surface area contributed by atoms with Crippen molar-refractivity contribution in [3.05, 3.63) is 58.3 Å². The van der Waals surface area contributed by atoms with E-state index in [0.29, 0.717) is 29.3 Å². The van der Waals surface area contributed by atoms with Gasteiger partial charge in [0.25, 0.3) is 5.91 Å². The summed E-state index contributed by atoms with van der Waals surface area (Å²) in [6.45, 7) is 7.05. The van der Waals surface area contributed by atoms with Gasteiger partial charge in [0.1, 0.15) is 4.88 Å². The third-order valence-electron chi connectivity index (χ3n) is 5.28. The second-order valence-electron chi connectivity index (χ2n) is 8.79. The fourth-order valence-corrected chi connectivity index (χ4v) is 4.72. The quantitative estimate of drug-likeness (QED) is 0.552. The standard InChI is InChI=1S/C24H26N4O3S/c1-24(2,3)19-13-18(21(32-19)22(30)28-12-11-25-20(29)14-28)27-23(31)26-17-10-6-8-15-7-4-5-9-16(15)17/h4-10,13H,11-12,14H2,1-3H3,(H,25,29)(H2,26,27,31). The number of anilines is 2. The molecular weight excluding hydrogens is 424 g/mol. The number of piperazine rings is 1. The molecule has 3 N–H and O–H groups in total. The highest BCUT2D eigenvalue weighted by Gasteiger charge is 2.29. The second kappa shape index (κ2) is 8.63. The molecule has 0 radical (unpaired) electrons. The van der Waals surface area contributed by atoms with Gasteiger partial charge in [-0.3, -0.25) is 9.59 Å². The lowest BCUT2D eigenvalue weighted by Gasteiger charge is -2.26. The molecule has 0 unspecified atom stereocenters. The van der Waals surface area contributed by atoms with E-state index in [0.717, 1.165) is 15.6 Å². The van der Waals surface area contributed by atoms with Gasteiger partial charge in [-0.05, 0) is 22.9 Å². The number of hydrogen-bond acceptors (Lipinski definition) is 4. The first kappa shape index (κ1) is 21.8. The van der Waals surface area contributed by atoms with Crippen molar-refractivity contribution in [3.8, 4) is 0 Å². The van der Waals surface area contributed by atoms with Gasteiger partial charge in [0.2, 0.25) is 5.91 Å². The van der Waals surface area contributed by atoms with Crippen LogP contribution in [0, 0.1) is 0 Å². The molecule has 8 heteroatoms. The summed E-state index contributed by atoms with van der Waals surface area (Å²) < 4.78 is 0. The van der Waals surface area contributed by atoms with E-state index in [1.54, 1.807) is 0 Å². The van der Waals surface area contributed by atoms with E-state index < -0.39 is 6.03 Å². The molecule has 3 aromatic rings. The van der Waals surface area contributed by atoms with Gasteiger partial charge in [0.15, 0.2) is 0 Å². The number of hydrogen-bond donors (Lipinski definition) is 3. The van der Waals surface area contributed by atoms with Crippen molar-refractivity contribution in [2.75, 3.05) is 30.3 Å². The van der Waals surface area contributed by atoms with Crippen molar-refractivity contribution in [2.24, 2.45) is 0 Å². The largest absolute Gasteiger partial charge is 0.353 e. The monoisotopic (exact) mass is 450 g/mol. The van der Waals surface area contributed by atoms with Crippen LogP contribution in [-0.2, 0) is 10.2 Å². The third kappa shape index (κ3) is 4.60. The molecular formula is C24H26N4O3S. The molecule has 32 heavy (non-hydrogen) atoms. The molecule has 1 aliphatic rings. The zero-order chi connectivity index (χ0) is 22.9. The number of fused-ring (bicyclic) bond motifs is 1. The molecule has 2 heterocycles. The topological polar surface area (TPSA) is 90.5 Å². The molecule has 4 amide bonds. The fraction of sp³-hybridized carbons (Fsp3) is 0.292. The smallest absolute Gasteiger partial charge is 0.323 e. The number of rotatable bonds is 3. The molecule has 1 saturated heterocycles. The van der Waals surface area contributed by atoms with Crippen LogP contribution in [0.4, 0.5) is 16.2 Å². The summed E-state index contributed by atoms with van der Waals surface area (Å²) in [7, 11) is 0. The average molecular weight is 451 g/mol. The van der Waals surface area contributed by atoms with Crippen LogP contribution in [0.3, 0.4) is 0 Å². The minimum absolute atomic E-state index is 0.0171. The number of nitrogens with one attached hydrogen (secondary N) is 3. The highest BCUT2D eigenvalue weighted by Crippen LogP contribution is 2.36. The molecule has 7 nitrogen and oxygen atoms in total. The number of carbonyl (C=O) groups excluding carboxylic acids is 3. The van der Waals surface area contributed by atoms with Crippen molar-refractivity contribution in [1.29, 1.82) is 0 Å². The van der Waals surface area contributed by atoms with Gasteiger partial charge in [0.05, 0.1) is 17.9 Å². The summed E-state index contributed by atoms with van der Waals surface area (Å²) in [4.78, 5) is 40.8. The SMILES string of the molecule is CC(C)(C)c1cc(NC(=O)Nc2cccc3ccccc23)c(C(=O)N2CCNC(=O)C2)s1. The molecule has 4 rings (SSSR count). The van der Waals surface area contributed by atoms with Gasteiger partial charge in [-0.1, -0.05) is 57.2 Å². The predicted octanol–water partition coefficient (Wildman–Crippen LogP) is 4.41. The van der Waals surface area contributed by atoms with Gasteiger partial charge >= 0.3 is 6.03 Å². The van der Waals surface area contributed by atoms with Crippen LogP contribution >= 0.6 is 11.3 Å². The van der Waals surface area contributed by atoms with Crippen LogP contribution in [0.1, 0.15) is 35.3 Å². The molecule has 166 valence electrons. The summed E-state index contributed by atoms with van der Waals surface area (Å²) in [5.41, 5.74) is 0.950. The molecule has 1 aromatic heterocycles. The Kier molecular flexibility index (Phi) is 5.88. The minimum Gasteiger partial charge on any atom is -0.353 e. The minimum atomic E-state index is -0.426. The number of carbonyl (C=O) groups is 3. The van der Waals surface area contributed by atoms with Crippen LogP contribution in [0.5, 0.6) is 0 Å². The Morgan fingerprint density at radius 1 is 1.03 bits per heavy atom. The fourth-order valence-electron chi connectivity index (χ4n) is 3.58. The second-order valence-corrected chi connectivity index (χ2v) is 9.84. The zero-order valence-corrected chi connectivity index (χ0v) is 19.1. The lowest BCUT2D eigenvalue weighted by Crippen LogP contribution is -2.49. The van der Waals surface area contributed by atoms with Crippen molar-refractivity contribution in [1.82, 2.24) is 10.2 Å². The highest BCUT2D eigenvalue weighted by atomic mass is 32.1. The first-order chi connectivity index (χ1) is 15.2. The Morgan fingerprint density at radius 2 is 1.75 bits per heavy atom. The lowest BCUT2D eigenvalue weighted by molar-refractivity contribution is -0.123. The molecule has 0 spiro atoms. The molecule has 1 aliphatic heterocycles. The lowest BCUT2D eigenvalue weighted by atomic mass is 9.94. The number of amides is 4. The number of urea groups is 1. The van der Waals surface area contributed by atoms with Gasteiger partial charge in [-0.2, -0.15) is 0 Å². The number of nitrogens with zero attached hydrogens (tertiary/aromatic N) is 1. The van der Waals surface area contributed by atoms with Gasteiger partial charge in [0, 0.05) is 23.4 Å². The number of thiophene rings is 1. The third-order valence-corrected chi connectivity index (χ3v) is 6.83. The van der Waals surface area contributed by atoms with E-state index in [1.165, 1.54) is 16.2 Å². The summed E-state index contributed by atoms with van der Waals surface area (Å²) in [5, 5.41) is 10.4. The molecule has 0 bridgehead atoms. The van der Waals surface area contributed by atoms with Crippen LogP contribution in [0.25, 0.3) is 10.8 Å². The molecule has 0 aliphatic carbocycles. The van der Waals surface area contributed by atoms with Crippen LogP contribution in [-0.4, -0.2) is 42.4 Å². The normalized spacial score (nSPS) is 14.2. The Labute approximate surface area is 190 Å². The van der Waals surface area contributed by atoms with E-state index in [-0.39, 0.29) is 23.8 Å². The van der Waals surface area contributed by atoms with Gasteiger partial charge < -0.3 is 20.9 Å². The first-order valence-electron chi connectivity index (χ1n) is 10.5. The van der Waals surface area contributed by atoms with E-state index >= 15 is 0 Å². The molecule has 0 saturated carbocycles. The highest BCUT2D eigenvalue weighted by molar-refractivity contribution is 7.14. The Morgan fingerprint density at radius 3 is 2.50 bits per heavy atom. The van der Waals surface area contributed by atoms with Crippen LogP contribution in [0.15, 0.2) is 48.5 Å². The number of benzene rings is 2. The predicted molar refractivity (Wildman–Crippen MR) is 129 cm³/mol. The summed E-state index contributed by atoms with van der Waals surface area (Å²) in [6.07, 6.45) is 0. The Balaban J connectivity index is 1.60. The van der Waals surface area contributed by atoms with Crippen LogP contribution < -0.4 is 16.0 Å². The van der Waals surface area contributed by atoms with Crippen molar-refractivity contribution < 1.29 is 14.4 Å². The van der Waals surface area contributed by atoms with Crippen molar-refractivity contribution >= 4 is 51.3 Å². The van der Waals surface area contributed by atoms with E-state index in [4.69, 9.17) is 0 Å². The molecule has 0 atom stereocenters. The Hall–Kier alpha value is -3.39. The summed E-state index contributed by atoms with van der Waals surface area (Å²) >= 11 is 1.35. The maximum absolute atomic E-state index is 13.2. The first-order valence-corrected chi connectivity index (χ1v) is 11.3. The summed E-state index contributed by atoms with van der Waals surface area (Å²) in [6, 6.07) is 14.9. The average Bonchev–Trinajstić information content (AvgIpc) is 3.17. The van der Waals surface area contributed by atoms with Crippen molar-refractivity contribution in [3.63, 3.8) is 0 Å². The zero-order valence-electron chi connectivity index (χ0n) is 18.3. The van der Waals surface area contributed by atoms with Gasteiger partial charge in [-0.15, -0.1) is 11.3 Å².